The van der Waals surface area contributed by atoms with Gasteiger partial charge >= 0.3 is 0 Å². The van der Waals surface area contributed by atoms with E-state index in [9.17, 15) is 4.79 Å². The summed E-state index contributed by atoms with van der Waals surface area (Å²) in [6.45, 7) is 3.69. The second kappa shape index (κ2) is 7.64. The van der Waals surface area contributed by atoms with Crippen molar-refractivity contribution in [3.05, 3.63) is 52.8 Å². The molecule has 0 unspecified atom stereocenters. The summed E-state index contributed by atoms with van der Waals surface area (Å²) in [4.78, 5) is 23.5. The minimum Gasteiger partial charge on any atom is -0.357 e. The molecule has 5 nitrogen and oxygen atoms in total. The molecule has 138 valence electrons. The average Bonchev–Trinajstić information content (AvgIpc) is 2.69. The summed E-state index contributed by atoms with van der Waals surface area (Å²) in [5.41, 5.74) is 3.02. The predicted octanol–water partition coefficient (Wildman–Crippen LogP) is 5.33. The third-order valence-corrected chi connectivity index (χ3v) is 5.40. The average molecular weight is 425 g/mol. The van der Waals surface area contributed by atoms with E-state index >= 15 is 0 Å². The van der Waals surface area contributed by atoms with Crippen LogP contribution in [0.1, 0.15) is 36.5 Å². The monoisotopic (exact) mass is 424 g/mol. The van der Waals surface area contributed by atoms with Crippen LogP contribution in [0.15, 0.2) is 47.2 Å². The maximum Gasteiger partial charge on any atom is 0.163 e. The van der Waals surface area contributed by atoms with Crippen molar-refractivity contribution in [2.75, 3.05) is 23.3 Å². The van der Waals surface area contributed by atoms with Gasteiger partial charge in [0.25, 0.3) is 0 Å². The van der Waals surface area contributed by atoms with Gasteiger partial charge in [0, 0.05) is 29.1 Å². The molecule has 0 radical (unpaired) electrons. The number of anilines is 3. The highest BCUT2D eigenvalue weighted by molar-refractivity contribution is 9.10. The van der Waals surface area contributed by atoms with E-state index in [4.69, 9.17) is 0 Å². The van der Waals surface area contributed by atoms with Crippen LogP contribution in [0.3, 0.4) is 0 Å². The maximum atomic E-state index is 12.1. The molecule has 0 spiro atoms. The standard InChI is InChI=1S/C21H21BrN4O/c1-14(27)18-13-23-19-7-5-15(22)11-17(19)21(18)25-16-6-8-20(24-12-16)26-9-3-2-4-10-26/h5-8,11-13H,2-4,9-10H2,1H3,(H,23,25). The van der Waals surface area contributed by atoms with Gasteiger partial charge in [0.1, 0.15) is 5.82 Å². The predicted molar refractivity (Wildman–Crippen MR) is 113 cm³/mol. The highest BCUT2D eigenvalue weighted by atomic mass is 79.9. The number of hydrogen-bond acceptors (Lipinski definition) is 5. The minimum absolute atomic E-state index is 0.0234. The molecule has 3 heterocycles. The Morgan fingerprint density at radius 2 is 1.89 bits per heavy atom. The molecule has 3 aromatic rings. The fraction of sp³-hybridized carbons (Fsp3) is 0.286. The molecule has 1 N–H and O–H groups in total. The quantitative estimate of drug-likeness (QED) is 0.573. The Kier molecular flexibility index (Phi) is 5.07. The number of carbonyl (C=O) groups excluding carboxylic acids is 1. The number of hydrogen-bond donors (Lipinski definition) is 1. The Labute approximate surface area is 166 Å². The first kappa shape index (κ1) is 17.9. The van der Waals surface area contributed by atoms with Gasteiger partial charge in [0.05, 0.1) is 28.7 Å². The lowest BCUT2D eigenvalue weighted by molar-refractivity contribution is 0.101. The fourth-order valence-electron chi connectivity index (χ4n) is 3.48. The summed E-state index contributed by atoms with van der Waals surface area (Å²) in [5, 5.41) is 4.29. The summed E-state index contributed by atoms with van der Waals surface area (Å²) in [7, 11) is 0. The lowest BCUT2D eigenvalue weighted by atomic mass is 10.1. The Morgan fingerprint density at radius 1 is 1.07 bits per heavy atom. The molecule has 0 bridgehead atoms. The van der Waals surface area contributed by atoms with Gasteiger partial charge in [-0.05, 0) is 56.5 Å². The first-order valence-electron chi connectivity index (χ1n) is 9.19. The van der Waals surface area contributed by atoms with Crippen molar-refractivity contribution in [2.24, 2.45) is 0 Å². The molecule has 0 saturated carbocycles. The van der Waals surface area contributed by atoms with Gasteiger partial charge in [-0.1, -0.05) is 15.9 Å². The Balaban J connectivity index is 1.69. The number of carbonyl (C=O) groups is 1. The third-order valence-electron chi connectivity index (χ3n) is 4.91. The zero-order valence-electron chi connectivity index (χ0n) is 15.2. The van der Waals surface area contributed by atoms with Crippen molar-refractivity contribution in [3.8, 4) is 0 Å². The van der Waals surface area contributed by atoms with Crippen LogP contribution in [0.4, 0.5) is 17.2 Å². The largest absolute Gasteiger partial charge is 0.357 e. The summed E-state index contributed by atoms with van der Waals surface area (Å²) < 4.78 is 0.944. The summed E-state index contributed by atoms with van der Waals surface area (Å²) >= 11 is 3.51. The highest BCUT2D eigenvalue weighted by Crippen LogP contribution is 2.31. The lowest BCUT2D eigenvalue weighted by Crippen LogP contribution is -2.29. The van der Waals surface area contributed by atoms with Crippen LogP contribution in [0, 0.1) is 0 Å². The van der Waals surface area contributed by atoms with Crippen molar-refractivity contribution < 1.29 is 4.79 Å². The van der Waals surface area contributed by atoms with Crippen LogP contribution >= 0.6 is 15.9 Å². The molecule has 2 aromatic heterocycles. The van der Waals surface area contributed by atoms with E-state index in [1.165, 1.54) is 19.3 Å². The van der Waals surface area contributed by atoms with Gasteiger partial charge in [-0.3, -0.25) is 9.78 Å². The van der Waals surface area contributed by atoms with E-state index in [2.05, 4.69) is 36.1 Å². The van der Waals surface area contributed by atoms with E-state index in [-0.39, 0.29) is 5.78 Å². The molecule has 1 aliphatic rings. The summed E-state index contributed by atoms with van der Waals surface area (Å²) in [5.74, 6) is 0.985. The Hall–Kier alpha value is -2.47. The third kappa shape index (κ3) is 3.81. The van der Waals surface area contributed by atoms with Crippen LogP contribution in [0.25, 0.3) is 10.9 Å². The molecule has 1 fully saturated rings. The van der Waals surface area contributed by atoms with E-state index in [0.717, 1.165) is 45.7 Å². The van der Waals surface area contributed by atoms with Crippen LogP contribution in [0.2, 0.25) is 0 Å². The Bertz CT molecular complexity index is 981. The number of Topliss-reactive ketones (excluding diaryl/α,β-unsaturated/α-hetero) is 1. The number of aromatic nitrogens is 2. The summed E-state index contributed by atoms with van der Waals surface area (Å²) in [6.07, 6.45) is 7.21. The van der Waals surface area contributed by atoms with Gasteiger partial charge in [-0.2, -0.15) is 0 Å². The molecular formula is C21H21BrN4O. The molecule has 0 atom stereocenters. The number of fused-ring (bicyclic) bond motifs is 1. The van der Waals surface area contributed by atoms with E-state index < -0.39 is 0 Å². The first-order chi connectivity index (χ1) is 13.1. The first-order valence-corrected chi connectivity index (χ1v) is 9.98. The Morgan fingerprint density at radius 3 is 2.59 bits per heavy atom. The number of nitrogens with zero attached hydrogens (tertiary/aromatic N) is 3. The molecule has 4 rings (SSSR count). The minimum atomic E-state index is -0.0234. The van der Waals surface area contributed by atoms with E-state index in [1.54, 1.807) is 13.1 Å². The fourth-order valence-corrected chi connectivity index (χ4v) is 3.84. The summed E-state index contributed by atoms with van der Waals surface area (Å²) in [6, 6.07) is 9.92. The van der Waals surface area contributed by atoms with Gasteiger partial charge in [-0.15, -0.1) is 0 Å². The van der Waals surface area contributed by atoms with Crippen LogP contribution < -0.4 is 10.2 Å². The SMILES string of the molecule is CC(=O)c1cnc2ccc(Br)cc2c1Nc1ccc(N2CCCCC2)nc1. The maximum absolute atomic E-state index is 12.1. The number of benzene rings is 1. The van der Waals surface area contributed by atoms with Gasteiger partial charge < -0.3 is 10.2 Å². The van der Waals surface area contributed by atoms with Crippen molar-refractivity contribution in [3.63, 3.8) is 0 Å². The number of ketones is 1. The van der Waals surface area contributed by atoms with Gasteiger partial charge in [-0.25, -0.2) is 4.98 Å². The van der Waals surface area contributed by atoms with Crippen LogP contribution in [0.5, 0.6) is 0 Å². The molecule has 6 heteroatoms. The zero-order valence-corrected chi connectivity index (χ0v) is 16.8. The van der Waals surface area contributed by atoms with E-state index in [0.29, 0.717) is 5.56 Å². The zero-order chi connectivity index (χ0) is 18.8. The molecule has 0 aliphatic carbocycles. The van der Waals surface area contributed by atoms with Gasteiger partial charge in [0.2, 0.25) is 0 Å². The molecule has 1 aromatic carbocycles. The van der Waals surface area contributed by atoms with Crippen LogP contribution in [-0.2, 0) is 0 Å². The number of nitrogens with one attached hydrogen (secondary N) is 1. The number of halogens is 1. The molecule has 0 amide bonds. The topological polar surface area (TPSA) is 58.1 Å². The normalized spacial score (nSPS) is 14.4. The number of pyridine rings is 2. The smallest absolute Gasteiger partial charge is 0.163 e. The molecule has 1 saturated heterocycles. The second-order valence-electron chi connectivity index (χ2n) is 6.84. The van der Waals surface area contributed by atoms with Crippen LogP contribution in [-0.4, -0.2) is 28.8 Å². The molecule has 1 aliphatic heterocycles. The number of rotatable bonds is 4. The highest BCUT2D eigenvalue weighted by Gasteiger charge is 2.15. The van der Waals surface area contributed by atoms with Crippen molar-refractivity contribution in [2.45, 2.75) is 26.2 Å². The van der Waals surface area contributed by atoms with Crippen molar-refractivity contribution in [1.82, 2.24) is 9.97 Å². The second-order valence-corrected chi connectivity index (χ2v) is 7.76. The lowest BCUT2D eigenvalue weighted by Gasteiger charge is -2.27. The van der Waals surface area contributed by atoms with Crippen molar-refractivity contribution in [1.29, 1.82) is 0 Å². The van der Waals surface area contributed by atoms with Crippen molar-refractivity contribution >= 4 is 49.8 Å². The number of piperidine rings is 1. The van der Waals surface area contributed by atoms with E-state index in [1.807, 2.05) is 36.5 Å². The molecular weight excluding hydrogens is 404 g/mol. The van der Waals surface area contributed by atoms with Gasteiger partial charge in [0.15, 0.2) is 5.78 Å². The molecule has 27 heavy (non-hydrogen) atoms.